The van der Waals surface area contributed by atoms with E-state index in [1.54, 1.807) is 6.20 Å². The molecule has 1 atom stereocenters. The summed E-state index contributed by atoms with van der Waals surface area (Å²) in [6.07, 6.45) is 10.3. The third-order valence-corrected chi connectivity index (χ3v) is 6.41. The Labute approximate surface area is 153 Å². The highest BCUT2D eigenvalue weighted by Crippen LogP contribution is 2.49. The minimum absolute atomic E-state index is 0.131. The first-order chi connectivity index (χ1) is 12.7. The number of aromatic nitrogens is 2. The second-order valence-corrected chi connectivity index (χ2v) is 7.73. The van der Waals surface area contributed by atoms with Crippen LogP contribution in [0.2, 0.25) is 0 Å². The van der Waals surface area contributed by atoms with Crippen molar-refractivity contribution in [2.24, 2.45) is 11.3 Å². The van der Waals surface area contributed by atoms with E-state index in [4.69, 9.17) is 4.74 Å². The summed E-state index contributed by atoms with van der Waals surface area (Å²) in [6, 6.07) is 0.178. The standard InChI is InChI=1S/C19H26N4O3/c24-17(15-13-20-7-8-21-15)22-16-1-4-19(16)5-9-23(10-6-19)18(25)14-2-11-26-12-3-14/h7-8,13-14,16H,1-6,9-12H2,(H,22,24)/t16-/m1/s1. The number of amides is 2. The van der Waals surface area contributed by atoms with Gasteiger partial charge >= 0.3 is 0 Å². The van der Waals surface area contributed by atoms with Crippen LogP contribution in [0.3, 0.4) is 0 Å². The maximum Gasteiger partial charge on any atom is 0.271 e. The fraction of sp³-hybridized carbons (Fsp3) is 0.684. The number of nitrogens with zero attached hydrogens (tertiary/aromatic N) is 3. The predicted octanol–water partition coefficient (Wildman–Crippen LogP) is 1.40. The highest BCUT2D eigenvalue weighted by atomic mass is 16.5. The Morgan fingerprint density at radius 2 is 1.88 bits per heavy atom. The van der Waals surface area contributed by atoms with Crippen molar-refractivity contribution in [2.75, 3.05) is 26.3 Å². The molecule has 1 aliphatic carbocycles. The maximum atomic E-state index is 12.7. The monoisotopic (exact) mass is 358 g/mol. The van der Waals surface area contributed by atoms with Gasteiger partial charge in [-0.25, -0.2) is 4.98 Å². The number of hydrogen-bond acceptors (Lipinski definition) is 5. The molecule has 3 fully saturated rings. The van der Waals surface area contributed by atoms with Gasteiger partial charge in [0.25, 0.3) is 5.91 Å². The molecule has 1 spiro atoms. The van der Waals surface area contributed by atoms with Gasteiger partial charge in [0.05, 0.1) is 6.20 Å². The molecule has 1 aromatic rings. The van der Waals surface area contributed by atoms with Gasteiger partial charge in [0.2, 0.25) is 5.91 Å². The molecule has 1 saturated carbocycles. The van der Waals surface area contributed by atoms with E-state index in [2.05, 4.69) is 15.3 Å². The van der Waals surface area contributed by atoms with Gasteiger partial charge in [0.1, 0.15) is 5.69 Å². The third kappa shape index (κ3) is 3.32. The number of carbonyl (C=O) groups excluding carboxylic acids is 2. The Morgan fingerprint density at radius 3 is 2.50 bits per heavy atom. The van der Waals surface area contributed by atoms with Crippen LogP contribution in [0.4, 0.5) is 0 Å². The minimum atomic E-state index is -0.150. The lowest BCUT2D eigenvalue weighted by atomic mass is 9.59. The second-order valence-electron chi connectivity index (χ2n) is 7.73. The zero-order valence-electron chi connectivity index (χ0n) is 15.0. The summed E-state index contributed by atoms with van der Waals surface area (Å²) in [7, 11) is 0. The largest absolute Gasteiger partial charge is 0.381 e. The van der Waals surface area contributed by atoms with Crippen LogP contribution in [-0.4, -0.2) is 59.0 Å². The molecular weight excluding hydrogens is 332 g/mol. The van der Waals surface area contributed by atoms with Crippen molar-refractivity contribution < 1.29 is 14.3 Å². The molecule has 1 aromatic heterocycles. The molecule has 7 heteroatoms. The Balaban J connectivity index is 1.32. The highest BCUT2D eigenvalue weighted by molar-refractivity contribution is 5.92. The van der Waals surface area contributed by atoms with E-state index in [1.165, 1.54) is 12.4 Å². The van der Waals surface area contributed by atoms with Crippen molar-refractivity contribution >= 4 is 11.8 Å². The second kappa shape index (κ2) is 7.31. The van der Waals surface area contributed by atoms with Crippen molar-refractivity contribution in [3.8, 4) is 0 Å². The quantitative estimate of drug-likeness (QED) is 0.883. The normalized spacial score (nSPS) is 25.5. The Hall–Kier alpha value is -2.02. The molecule has 1 N–H and O–H groups in total. The number of piperidine rings is 1. The average Bonchev–Trinajstić information content (AvgIpc) is 2.72. The summed E-state index contributed by atoms with van der Waals surface area (Å²) in [4.78, 5) is 35.1. The van der Waals surface area contributed by atoms with Gasteiger partial charge in [-0.3, -0.25) is 14.6 Å². The van der Waals surface area contributed by atoms with E-state index in [0.29, 0.717) is 24.8 Å². The van der Waals surface area contributed by atoms with Gasteiger partial charge in [-0.1, -0.05) is 0 Å². The van der Waals surface area contributed by atoms with Crippen LogP contribution >= 0.6 is 0 Å². The Kier molecular flexibility index (Phi) is 4.89. The summed E-state index contributed by atoms with van der Waals surface area (Å²) in [5, 5.41) is 3.14. The van der Waals surface area contributed by atoms with E-state index in [-0.39, 0.29) is 23.3 Å². The van der Waals surface area contributed by atoms with Gasteiger partial charge in [-0.2, -0.15) is 0 Å². The van der Waals surface area contributed by atoms with Gasteiger partial charge < -0.3 is 15.0 Å². The van der Waals surface area contributed by atoms with Crippen LogP contribution in [0.15, 0.2) is 18.6 Å². The number of carbonyl (C=O) groups is 2. The molecule has 140 valence electrons. The van der Waals surface area contributed by atoms with E-state index in [9.17, 15) is 9.59 Å². The Morgan fingerprint density at radius 1 is 1.12 bits per heavy atom. The van der Waals surface area contributed by atoms with Crippen molar-refractivity contribution in [3.05, 3.63) is 24.3 Å². The maximum absolute atomic E-state index is 12.7. The topological polar surface area (TPSA) is 84.4 Å². The summed E-state index contributed by atoms with van der Waals surface area (Å²) in [5.74, 6) is 0.275. The van der Waals surface area contributed by atoms with Gasteiger partial charge in [0.15, 0.2) is 0 Å². The first kappa shape index (κ1) is 17.4. The lowest BCUT2D eigenvalue weighted by Gasteiger charge is -2.54. The average molecular weight is 358 g/mol. The molecule has 0 aromatic carbocycles. The molecular formula is C19H26N4O3. The van der Waals surface area contributed by atoms with Crippen LogP contribution < -0.4 is 5.32 Å². The first-order valence-corrected chi connectivity index (χ1v) is 9.61. The molecule has 26 heavy (non-hydrogen) atoms. The number of rotatable bonds is 3. The summed E-state index contributed by atoms with van der Waals surface area (Å²) < 4.78 is 5.36. The molecule has 0 unspecified atom stereocenters. The molecule has 2 aliphatic heterocycles. The molecule has 3 aliphatic rings. The molecule has 3 heterocycles. The van der Waals surface area contributed by atoms with E-state index < -0.39 is 0 Å². The highest BCUT2D eigenvalue weighted by Gasteiger charge is 2.49. The molecule has 2 saturated heterocycles. The summed E-state index contributed by atoms with van der Waals surface area (Å²) in [6.45, 7) is 3.00. The lowest BCUT2D eigenvalue weighted by Crippen LogP contribution is -2.60. The minimum Gasteiger partial charge on any atom is -0.381 e. The van der Waals surface area contributed by atoms with Crippen LogP contribution in [0.5, 0.6) is 0 Å². The number of likely N-dealkylation sites (tertiary alicyclic amines) is 1. The van der Waals surface area contributed by atoms with Gasteiger partial charge in [-0.15, -0.1) is 0 Å². The van der Waals surface area contributed by atoms with Crippen LogP contribution in [-0.2, 0) is 9.53 Å². The summed E-state index contributed by atoms with van der Waals surface area (Å²) >= 11 is 0. The fourth-order valence-electron chi connectivity index (χ4n) is 4.54. The smallest absolute Gasteiger partial charge is 0.271 e. The van der Waals surface area contributed by atoms with Crippen molar-refractivity contribution in [2.45, 2.75) is 44.6 Å². The SMILES string of the molecule is O=C(N[C@@H]1CCC12CCN(C(=O)C1CCOCC1)CC2)c1cnccn1. The van der Waals surface area contributed by atoms with Crippen LogP contribution in [0.25, 0.3) is 0 Å². The van der Waals surface area contributed by atoms with E-state index in [1.807, 2.05) is 4.90 Å². The number of nitrogens with one attached hydrogen (secondary N) is 1. The molecule has 7 nitrogen and oxygen atoms in total. The molecule has 0 bridgehead atoms. The van der Waals surface area contributed by atoms with Gasteiger partial charge in [-0.05, 0) is 43.9 Å². The van der Waals surface area contributed by atoms with E-state index in [0.717, 1.165) is 51.6 Å². The molecule has 0 radical (unpaired) electrons. The molecule has 2 amide bonds. The van der Waals surface area contributed by atoms with Gasteiger partial charge in [0, 0.05) is 50.7 Å². The van der Waals surface area contributed by atoms with Crippen molar-refractivity contribution in [3.63, 3.8) is 0 Å². The predicted molar refractivity (Wildman–Crippen MR) is 94.3 cm³/mol. The Bertz CT molecular complexity index is 652. The lowest BCUT2D eigenvalue weighted by molar-refractivity contribution is -0.142. The number of ether oxygens (including phenoxy) is 1. The van der Waals surface area contributed by atoms with Crippen molar-refractivity contribution in [1.29, 1.82) is 0 Å². The zero-order chi connectivity index (χ0) is 18.0. The van der Waals surface area contributed by atoms with E-state index >= 15 is 0 Å². The fourth-order valence-corrected chi connectivity index (χ4v) is 4.54. The summed E-state index contributed by atoms with van der Waals surface area (Å²) in [5.41, 5.74) is 0.506. The molecule has 4 rings (SSSR count). The zero-order valence-corrected chi connectivity index (χ0v) is 15.0. The number of hydrogen-bond donors (Lipinski definition) is 1. The van der Waals surface area contributed by atoms with Crippen LogP contribution in [0.1, 0.15) is 49.0 Å². The first-order valence-electron chi connectivity index (χ1n) is 9.61. The third-order valence-electron chi connectivity index (χ3n) is 6.41. The van der Waals surface area contributed by atoms with Crippen molar-refractivity contribution in [1.82, 2.24) is 20.2 Å². The van der Waals surface area contributed by atoms with Crippen LogP contribution in [0, 0.1) is 11.3 Å².